The van der Waals surface area contributed by atoms with Gasteiger partial charge in [0.2, 0.25) is 5.88 Å². The standard InChI is InChI=1S/C10H6O2.C5H5NO3S/c11-9-5-6-10(12)8-4-2-1-3-7(8)9;7-10(8)9-5-3-1-2-4-6-5/h1-6H;1-4H,(H,7,8). The van der Waals surface area contributed by atoms with E-state index in [-0.39, 0.29) is 17.4 Å². The van der Waals surface area contributed by atoms with E-state index in [1.807, 2.05) is 0 Å². The summed E-state index contributed by atoms with van der Waals surface area (Å²) in [4.78, 5) is 26.0. The molecule has 112 valence electrons. The van der Waals surface area contributed by atoms with Gasteiger partial charge in [0.05, 0.1) is 0 Å². The average Bonchev–Trinajstić information content (AvgIpc) is 2.52. The maximum Gasteiger partial charge on any atom is 0.359 e. The number of pyridine rings is 1. The Hall–Kier alpha value is -2.64. The summed E-state index contributed by atoms with van der Waals surface area (Å²) in [5.74, 6) is -0.0428. The first-order valence-corrected chi connectivity index (χ1v) is 7.17. The normalized spacial score (nSPS) is 13.7. The first-order valence-electron chi connectivity index (χ1n) is 6.14. The number of rotatable bonds is 2. The molecule has 0 amide bonds. The number of allylic oxidation sites excluding steroid dienone is 2. The van der Waals surface area contributed by atoms with Crippen molar-refractivity contribution in [1.29, 1.82) is 0 Å². The molecule has 1 aliphatic carbocycles. The molecule has 2 aromatic rings. The summed E-state index contributed by atoms with van der Waals surface area (Å²) in [6.45, 7) is 0. The molecular weight excluding hydrogens is 306 g/mol. The number of benzene rings is 1. The third-order valence-electron chi connectivity index (χ3n) is 2.64. The lowest BCUT2D eigenvalue weighted by Gasteiger charge is -2.06. The second kappa shape index (κ2) is 7.39. The number of carbonyl (C=O) groups excluding carboxylic acids is 2. The topological polar surface area (TPSA) is 93.6 Å². The molecule has 22 heavy (non-hydrogen) atoms. The fourth-order valence-electron chi connectivity index (χ4n) is 1.71. The number of fused-ring (bicyclic) bond motifs is 1. The van der Waals surface area contributed by atoms with Crippen LogP contribution in [0.5, 0.6) is 5.88 Å². The van der Waals surface area contributed by atoms with E-state index in [1.54, 1.807) is 36.4 Å². The van der Waals surface area contributed by atoms with Gasteiger partial charge in [-0.1, -0.05) is 30.3 Å². The smallest absolute Gasteiger partial charge is 0.359 e. The van der Waals surface area contributed by atoms with E-state index in [0.717, 1.165) is 0 Å². The molecule has 1 atom stereocenters. The van der Waals surface area contributed by atoms with Crippen LogP contribution in [0.1, 0.15) is 20.7 Å². The second-order valence-electron chi connectivity index (χ2n) is 4.08. The van der Waals surface area contributed by atoms with E-state index in [4.69, 9.17) is 4.55 Å². The molecule has 0 aliphatic heterocycles. The lowest BCUT2D eigenvalue weighted by atomic mass is 9.95. The van der Waals surface area contributed by atoms with Crippen molar-refractivity contribution >= 4 is 22.9 Å². The van der Waals surface area contributed by atoms with E-state index >= 15 is 0 Å². The Labute approximate surface area is 129 Å². The molecule has 1 heterocycles. The Kier molecular flexibility index (Phi) is 5.29. The molecule has 1 aromatic carbocycles. The predicted molar refractivity (Wildman–Crippen MR) is 79.9 cm³/mol. The Bertz CT molecular complexity index is 706. The lowest BCUT2D eigenvalue weighted by molar-refractivity contribution is 0.0994. The number of hydrogen-bond donors (Lipinski definition) is 1. The molecule has 1 unspecified atom stereocenters. The number of ketones is 2. The minimum Gasteiger partial charge on any atom is -0.359 e. The minimum absolute atomic E-state index is 0.0924. The Balaban J connectivity index is 0.000000164. The van der Waals surface area contributed by atoms with Crippen LogP contribution in [0.2, 0.25) is 0 Å². The van der Waals surface area contributed by atoms with Crippen molar-refractivity contribution in [2.45, 2.75) is 0 Å². The molecule has 7 heteroatoms. The summed E-state index contributed by atoms with van der Waals surface area (Å²) in [5.41, 5.74) is 1.01. The molecule has 0 fully saturated rings. The van der Waals surface area contributed by atoms with Gasteiger partial charge in [-0.15, -0.1) is 0 Å². The van der Waals surface area contributed by atoms with Gasteiger partial charge < -0.3 is 4.18 Å². The monoisotopic (exact) mass is 317 g/mol. The largest absolute Gasteiger partial charge is 0.359 e. The highest BCUT2D eigenvalue weighted by Gasteiger charge is 2.16. The maximum atomic E-state index is 11.2. The summed E-state index contributed by atoms with van der Waals surface area (Å²) in [6.07, 6.45) is 4.09. The van der Waals surface area contributed by atoms with Gasteiger partial charge in [0.25, 0.3) is 0 Å². The van der Waals surface area contributed by atoms with Gasteiger partial charge in [0, 0.05) is 23.4 Å². The van der Waals surface area contributed by atoms with Gasteiger partial charge in [-0.25, -0.2) is 4.98 Å². The van der Waals surface area contributed by atoms with Crippen LogP contribution in [0.25, 0.3) is 0 Å². The Morgan fingerprint density at radius 3 is 1.91 bits per heavy atom. The van der Waals surface area contributed by atoms with E-state index < -0.39 is 11.4 Å². The summed E-state index contributed by atoms with van der Waals surface area (Å²) in [6, 6.07) is 11.7. The maximum absolute atomic E-state index is 11.2. The van der Waals surface area contributed by atoms with Gasteiger partial charge in [-0.2, -0.15) is 4.21 Å². The summed E-state index contributed by atoms with van der Waals surface area (Å²) in [5, 5.41) is 0. The first-order chi connectivity index (χ1) is 10.6. The number of aromatic nitrogens is 1. The molecule has 1 N–H and O–H groups in total. The highest BCUT2D eigenvalue weighted by Crippen LogP contribution is 2.15. The molecule has 3 rings (SSSR count). The summed E-state index contributed by atoms with van der Waals surface area (Å²) >= 11 is -2.28. The average molecular weight is 317 g/mol. The van der Waals surface area contributed by atoms with Crippen LogP contribution < -0.4 is 4.18 Å². The molecule has 0 radical (unpaired) electrons. The number of hydrogen-bond acceptors (Lipinski definition) is 5. The van der Waals surface area contributed by atoms with Crippen molar-refractivity contribution in [3.05, 3.63) is 71.9 Å². The van der Waals surface area contributed by atoms with Gasteiger partial charge in [0.15, 0.2) is 11.6 Å². The zero-order valence-corrected chi connectivity index (χ0v) is 12.0. The van der Waals surface area contributed by atoms with E-state index in [0.29, 0.717) is 11.1 Å². The molecule has 0 saturated heterocycles. The van der Waals surface area contributed by atoms with Crippen molar-refractivity contribution < 1.29 is 22.5 Å². The molecule has 1 aromatic heterocycles. The molecule has 6 nitrogen and oxygen atoms in total. The van der Waals surface area contributed by atoms with Gasteiger partial charge in [0.1, 0.15) is 0 Å². The van der Waals surface area contributed by atoms with Crippen molar-refractivity contribution in [2.75, 3.05) is 0 Å². The van der Waals surface area contributed by atoms with E-state index in [9.17, 15) is 13.8 Å². The quantitative estimate of drug-likeness (QED) is 0.854. The van der Waals surface area contributed by atoms with Crippen molar-refractivity contribution in [3.63, 3.8) is 0 Å². The lowest BCUT2D eigenvalue weighted by Crippen LogP contribution is -2.10. The zero-order valence-electron chi connectivity index (χ0n) is 11.2. The third-order valence-corrected chi connectivity index (χ3v) is 2.95. The molecule has 0 bridgehead atoms. The number of carbonyl (C=O) groups is 2. The highest BCUT2D eigenvalue weighted by atomic mass is 32.2. The summed E-state index contributed by atoms with van der Waals surface area (Å²) < 4.78 is 22.6. The van der Waals surface area contributed by atoms with Crippen LogP contribution in [0, 0.1) is 0 Å². The van der Waals surface area contributed by atoms with Crippen molar-refractivity contribution in [1.82, 2.24) is 4.98 Å². The molecular formula is C15H11NO5S. The van der Waals surface area contributed by atoms with Crippen LogP contribution in [0.3, 0.4) is 0 Å². The first kappa shape index (κ1) is 15.7. The highest BCUT2D eigenvalue weighted by molar-refractivity contribution is 7.74. The number of nitrogens with zero attached hydrogens (tertiary/aromatic N) is 1. The van der Waals surface area contributed by atoms with Crippen LogP contribution in [0.15, 0.2) is 60.8 Å². The second-order valence-corrected chi connectivity index (χ2v) is 4.68. The van der Waals surface area contributed by atoms with Gasteiger partial charge >= 0.3 is 11.4 Å². The van der Waals surface area contributed by atoms with Gasteiger partial charge in [-0.05, 0) is 18.2 Å². The van der Waals surface area contributed by atoms with Crippen LogP contribution in [-0.2, 0) is 11.4 Å². The fourth-order valence-corrected chi connectivity index (χ4v) is 1.96. The minimum atomic E-state index is -2.28. The molecule has 0 spiro atoms. The van der Waals surface area contributed by atoms with E-state index in [1.165, 1.54) is 24.4 Å². The van der Waals surface area contributed by atoms with Gasteiger partial charge in [-0.3, -0.25) is 14.1 Å². The van der Waals surface area contributed by atoms with E-state index in [2.05, 4.69) is 9.17 Å². The molecule has 0 saturated carbocycles. The van der Waals surface area contributed by atoms with Crippen LogP contribution in [-0.4, -0.2) is 25.3 Å². The fraction of sp³-hybridized carbons (Fsp3) is 0. The predicted octanol–water partition coefficient (Wildman–Crippen LogP) is 2.22. The Morgan fingerprint density at radius 2 is 1.45 bits per heavy atom. The Morgan fingerprint density at radius 1 is 0.909 bits per heavy atom. The SMILES string of the molecule is O=C1C=CC(=O)c2ccccc21.O=S(O)Oc1ccccn1. The van der Waals surface area contributed by atoms with Crippen LogP contribution >= 0.6 is 0 Å². The van der Waals surface area contributed by atoms with Crippen molar-refractivity contribution in [2.24, 2.45) is 0 Å². The third kappa shape index (κ3) is 4.18. The zero-order chi connectivity index (χ0) is 15.9. The van der Waals surface area contributed by atoms with Crippen LogP contribution in [0.4, 0.5) is 0 Å². The van der Waals surface area contributed by atoms with Crippen molar-refractivity contribution in [3.8, 4) is 5.88 Å². The molecule has 1 aliphatic rings. The summed E-state index contributed by atoms with van der Waals surface area (Å²) in [7, 11) is 0.